The zero-order chi connectivity index (χ0) is 14.7. The number of carbonyl (C=O) groups is 1. The Morgan fingerprint density at radius 3 is 2.67 bits per heavy atom. The number of nitrogens with one attached hydrogen (secondary N) is 2. The first-order chi connectivity index (χ1) is 10.2. The monoisotopic (exact) mass is 286 g/mol. The van der Waals surface area contributed by atoms with Gasteiger partial charge in [0.15, 0.2) is 17.3 Å². The molecule has 7 nitrogen and oxygen atoms in total. The van der Waals surface area contributed by atoms with E-state index in [-0.39, 0.29) is 12.7 Å². The van der Waals surface area contributed by atoms with Crippen LogP contribution in [-0.4, -0.2) is 22.9 Å². The molecule has 1 amide bonds. The molecular formula is C14H14N4O3. The van der Waals surface area contributed by atoms with Crippen LogP contribution in [0.4, 0.5) is 11.6 Å². The number of ether oxygens (including phenoxy) is 2. The van der Waals surface area contributed by atoms with E-state index in [1.54, 1.807) is 12.1 Å². The van der Waals surface area contributed by atoms with Crippen LogP contribution >= 0.6 is 0 Å². The van der Waals surface area contributed by atoms with Crippen molar-refractivity contribution in [3.8, 4) is 11.5 Å². The first-order valence-corrected chi connectivity index (χ1v) is 6.44. The maximum absolute atomic E-state index is 10.9. The van der Waals surface area contributed by atoms with E-state index in [4.69, 9.17) is 9.47 Å². The van der Waals surface area contributed by atoms with Gasteiger partial charge in [0.1, 0.15) is 5.82 Å². The van der Waals surface area contributed by atoms with Crippen LogP contribution in [0.2, 0.25) is 0 Å². The Labute approximate surface area is 121 Å². The van der Waals surface area contributed by atoms with Crippen molar-refractivity contribution in [2.75, 3.05) is 17.4 Å². The number of carbonyl (C=O) groups excluding carboxylic acids is 1. The van der Waals surface area contributed by atoms with E-state index >= 15 is 0 Å². The number of aromatic nitrogens is 2. The van der Waals surface area contributed by atoms with Crippen LogP contribution in [0.1, 0.15) is 12.5 Å². The zero-order valence-electron chi connectivity index (χ0n) is 11.4. The average Bonchev–Trinajstić information content (AvgIpc) is 2.93. The van der Waals surface area contributed by atoms with Gasteiger partial charge in [-0.2, -0.15) is 0 Å². The summed E-state index contributed by atoms with van der Waals surface area (Å²) >= 11 is 0. The molecule has 0 fully saturated rings. The van der Waals surface area contributed by atoms with Crippen LogP contribution < -0.4 is 20.1 Å². The minimum Gasteiger partial charge on any atom is -0.454 e. The van der Waals surface area contributed by atoms with E-state index in [1.807, 2.05) is 18.2 Å². The lowest BCUT2D eigenvalue weighted by atomic mass is 10.2. The second-order valence-corrected chi connectivity index (χ2v) is 4.53. The number of hydrogen-bond donors (Lipinski definition) is 2. The number of nitrogens with zero attached hydrogens (tertiary/aromatic N) is 2. The molecule has 0 spiro atoms. The van der Waals surface area contributed by atoms with Crippen LogP contribution in [-0.2, 0) is 11.3 Å². The topological polar surface area (TPSA) is 85.4 Å². The van der Waals surface area contributed by atoms with E-state index in [2.05, 4.69) is 20.8 Å². The third-order valence-corrected chi connectivity index (χ3v) is 2.88. The highest BCUT2D eigenvalue weighted by Crippen LogP contribution is 2.32. The number of fused-ring (bicyclic) bond motifs is 1. The molecule has 1 aliphatic heterocycles. The molecule has 3 rings (SSSR count). The molecule has 2 N–H and O–H groups in total. The molecule has 108 valence electrons. The summed E-state index contributed by atoms with van der Waals surface area (Å²) in [5.74, 6) is 2.39. The largest absolute Gasteiger partial charge is 0.454 e. The molecule has 0 saturated heterocycles. The average molecular weight is 286 g/mol. The number of amides is 1. The number of anilines is 2. The van der Waals surface area contributed by atoms with Crippen molar-refractivity contribution in [2.45, 2.75) is 13.5 Å². The molecule has 0 saturated carbocycles. The molecule has 2 heterocycles. The fourth-order valence-corrected chi connectivity index (χ4v) is 1.92. The van der Waals surface area contributed by atoms with E-state index < -0.39 is 0 Å². The molecule has 21 heavy (non-hydrogen) atoms. The molecule has 0 unspecified atom stereocenters. The minimum absolute atomic E-state index is 0.176. The summed E-state index contributed by atoms with van der Waals surface area (Å²) in [6.07, 6.45) is 0. The van der Waals surface area contributed by atoms with Gasteiger partial charge in [-0.25, -0.2) is 0 Å². The van der Waals surface area contributed by atoms with Gasteiger partial charge in [-0.3, -0.25) is 4.79 Å². The molecule has 0 atom stereocenters. The SMILES string of the molecule is CC(=O)Nc1ccc(NCc2ccc3c(c2)OCO3)nn1. The Morgan fingerprint density at radius 2 is 1.90 bits per heavy atom. The predicted molar refractivity (Wildman–Crippen MR) is 76.2 cm³/mol. The van der Waals surface area contributed by atoms with Gasteiger partial charge in [-0.15, -0.1) is 10.2 Å². The second-order valence-electron chi connectivity index (χ2n) is 4.53. The van der Waals surface area contributed by atoms with E-state index in [1.165, 1.54) is 6.92 Å². The first kappa shape index (κ1) is 13.2. The van der Waals surface area contributed by atoms with Gasteiger partial charge >= 0.3 is 0 Å². The summed E-state index contributed by atoms with van der Waals surface area (Å²) in [5.41, 5.74) is 1.05. The van der Waals surface area contributed by atoms with Crippen LogP contribution in [0.5, 0.6) is 11.5 Å². The van der Waals surface area contributed by atoms with Crippen molar-refractivity contribution in [3.05, 3.63) is 35.9 Å². The smallest absolute Gasteiger partial charge is 0.231 e. The van der Waals surface area contributed by atoms with Crippen molar-refractivity contribution < 1.29 is 14.3 Å². The lowest BCUT2D eigenvalue weighted by Gasteiger charge is -2.06. The van der Waals surface area contributed by atoms with Gasteiger partial charge in [0, 0.05) is 13.5 Å². The molecule has 2 aromatic rings. The van der Waals surface area contributed by atoms with Crippen LogP contribution in [0.15, 0.2) is 30.3 Å². The summed E-state index contributed by atoms with van der Waals surface area (Å²) in [5, 5.41) is 13.6. The highest BCUT2D eigenvalue weighted by atomic mass is 16.7. The van der Waals surface area contributed by atoms with Gasteiger partial charge in [0.2, 0.25) is 12.7 Å². The second kappa shape index (κ2) is 5.66. The Bertz CT molecular complexity index is 658. The molecule has 0 aliphatic carbocycles. The van der Waals surface area contributed by atoms with Gasteiger partial charge in [0.25, 0.3) is 0 Å². The molecular weight excluding hydrogens is 272 g/mol. The Hall–Kier alpha value is -2.83. The van der Waals surface area contributed by atoms with Crippen molar-refractivity contribution >= 4 is 17.5 Å². The number of hydrogen-bond acceptors (Lipinski definition) is 6. The standard InChI is InChI=1S/C14H14N4O3/c1-9(19)16-14-5-4-13(17-18-14)15-7-10-2-3-11-12(6-10)21-8-20-11/h2-6H,7-8H2,1H3,(H,15,17)(H,16,18,19). The predicted octanol–water partition coefficient (Wildman–Crippen LogP) is 1.78. The summed E-state index contributed by atoms with van der Waals surface area (Å²) < 4.78 is 10.6. The Morgan fingerprint density at radius 1 is 1.14 bits per heavy atom. The van der Waals surface area contributed by atoms with Crippen molar-refractivity contribution in [3.63, 3.8) is 0 Å². The van der Waals surface area contributed by atoms with Gasteiger partial charge in [-0.05, 0) is 29.8 Å². The third-order valence-electron chi connectivity index (χ3n) is 2.88. The maximum Gasteiger partial charge on any atom is 0.231 e. The van der Waals surface area contributed by atoms with Gasteiger partial charge < -0.3 is 20.1 Å². The molecule has 1 aromatic carbocycles. The minimum atomic E-state index is -0.176. The Kier molecular flexibility index (Phi) is 3.55. The summed E-state index contributed by atoms with van der Waals surface area (Å²) in [7, 11) is 0. The lowest BCUT2D eigenvalue weighted by Crippen LogP contribution is -2.09. The summed E-state index contributed by atoms with van der Waals surface area (Å²) in [6, 6.07) is 9.21. The molecule has 7 heteroatoms. The third kappa shape index (κ3) is 3.19. The number of benzene rings is 1. The molecule has 1 aliphatic rings. The summed E-state index contributed by atoms with van der Waals surface area (Å²) in [6.45, 7) is 2.28. The van der Waals surface area contributed by atoms with Crippen LogP contribution in [0, 0.1) is 0 Å². The fraction of sp³-hybridized carbons (Fsp3) is 0.214. The molecule has 0 radical (unpaired) electrons. The van der Waals surface area contributed by atoms with E-state index in [9.17, 15) is 4.79 Å². The fourth-order valence-electron chi connectivity index (χ4n) is 1.92. The van der Waals surface area contributed by atoms with Gasteiger partial charge in [-0.1, -0.05) is 6.07 Å². The van der Waals surface area contributed by atoms with Crippen LogP contribution in [0.3, 0.4) is 0 Å². The summed E-state index contributed by atoms with van der Waals surface area (Å²) in [4.78, 5) is 10.9. The highest BCUT2D eigenvalue weighted by molar-refractivity contribution is 5.87. The van der Waals surface area contributed by atoms with E-state index in [0.29, 0.717) is 18.2 Å². The van der Waals surface area contributed by atoms with E-state index in [0.717, 1.165) is 17.1 Å². The van der Waals surface area contributed by atoms with Crippen molar-refractivity contribution in [1.82, 2.24) is 10.2 Å². The number of rotatable bonds is 4. The van der Waals surface area contributed by atoms with Crippen molar-refractivity contribution in [1.29, 1.82) is 0 Å². The van der Waals surface area contributed by atoms with Gasteiger partial charge in [0.05, 0.1) is 0 Å². The quantitative estimate of drug-likeness (QED) is 0.891. The molecule has 1 aromatic heterocycles. The zero-order valence-corrected chi connectivity index (χ0v) is 11.4. The van der Waals surface area contributed by atoms with Crippen LogP contribution in [0.25, 0.3) is 0 Å². The Balaban J connectivity index is 1.61. The molecule has 0 bridgehead atoms. The highest BCUT2D eigenvalue weighted by Gasteiger charge is 2.12. The van der Waals surface area contributed by atoms with Crippen molar-refractivity contribution in [2.24, 2.45) is 0 Å². The normalized spacial score (nSPS) is 12.0. The first-order valence-electron chi connectivity index (χ1n) is 6.44. The lowest BCUT2D eigenvalue weighted by molar-refractivity contribution is -0.114. The maximum atomic E-state index is 10.9.